The molecule has 0 fully saturated rings. The van der Waals surface area contributed by atoms with Gasteiger partial charge in [0.2, 0.25) is 0 Å². The first-order chi connectivity index (χ1) is 4.09. The highest BCUT2D eigenvalue weighted by molar-refractivity contribution is 5.77. The highest BCUT2D eigenvalue weighted by Crippen LogP contribution is 1.88. The Morgan fingerprint density at radius 2 is 1.89 bits per heavy atom. The van der Waals surface area contributed by atoms with E-state index in [1.54, 1.807) is 0 Å². The fourth-order valence-electron chi connectivity index (χ4n) is 0.220. The van der Waals surface area contributed by atoms with Crippen LogP contribution in [0.3, 0.4) is 0 Å². The van der Waals surface area contributed by atoms with Crippen molar-refractivity contribution < 1.29 is 24.9 Å². The molecule has 5 heteroatoms. The van der Waals surface area contributed by atoms with Crippen LogP contribution in [-0.4, -0.2) is 39.8 Å². The number of carbonyl (C=O) groups is 2. The highest BCUT2D eigenvalue weighted by Gasteiger charge is 2.22. The van der Waals surface area contributed by atoms with Gasteiger partial charge in [0.25, 0.3) is 0 Å². The van der Waals surface area contributed by atoms with Crippen molar-refractivity contribution in [2.45, 2.75) is 12.2 Å². The Morgan fingerprint density at radius 1 is 1.44 bits per heavy atom. The molecule has 0 amide bonds. The Morgan fingerprint density at radius 3 is 2.00 bits per heavy atom. The van der Waals surface area contributed by atoms with E-state index in [9.17, 15) is 9.59 Å². The topological polar surface area (TPSA) is 94.8 Å². The van der Waals surface area contributed by atoms with Crippen LogP contribution in [0.5, 0.6) is 0 Å². The summed E-state index contributed by atoms with van der Waals surface area (Å²) >= 11 is 0. The molecule has 0 heterocycles. The SMILES string of the molecule is O=C[C@H](O)[C@H](O)C(=O)O. The summed E-state index contributed by atoms with van der Waals surface area (Å²) in [5.74, 6) is -1.62. The van der Waals surface area contributed by atoms with Crippen molar-refractivity contribution in [2.24, 2.45) is 0 Å². The largest absolute Gasteiger partial charge is 0.479 e. The lowest BCUT2D eigenvalue weighted by Gasteiger charge is -2.04. The Balaban J connectivity index is 3.86. The van der Waals surface area contributed by atoms with Crippen LogP contribution < -0.4 is 0 Å². The van der Waals surface area contributed by atoms with Crippen molar-refractivity contribution in [3.05, 3.63) is 0 Å². The average Bonchev–Trinajstić information content (AvgIpc) is 1.84. The summed E-state index contributed by atoms with van der Waals surface area (Å²) < 4.78 is 0. The molecule has 0 rings (SSSR count). The van der Waals surface area contributed by atoms with E-state index in [4.69, 9.17) is 15.3 Å². The number of hydrogen-bond acceptors (Lipinski definition) is 4. The number of aliphatic hydroxyl groups is 2. The minimum Gasteiger partial charge on any atom is -0.479 e. The van der Waals surface area contributed by atoms with Gasteiger partial charge in [-0.05, 0) is 0 Å². The number of aliphatic hydroxyl groups excluding tert-OH is 2. The predicted molar refractivity (Wildman–Crippen MR) is 25.7 cm³/mol. The lowest BCUT2D eigenvalue weighted by Crippen LogP contribution is -2.34. The number of rotatable bonds is 3. The van der Waals surface area contributed by atoms with Crippen LogP contribution >= 0.6 is 0 Å². The number of carbonyl (C=O) groups excluding carboxylic acids is 1. The quantitative estimate of drug-likeness (QED) is 0.388. The molecule has 5 nitrogen and oxygen atoms in total. The lowest BCUT2D eigenvalue weighted by molar-refractivity contribution is -0.154. The first kappa shape index (κ1) is 8.06. The van der Waals surface area contributed by atoms with E-state index in [-0.39, 0.29) is 6.29 Å². The molecule has 0 aliphatic rings. The van der Waals surface area contributed by atoms with Crippen molar-refractivity contribution in [3.8, 4) is 0 Å². The zero-order chi connectivity index (χ0) is 7.44. The third-order valence-corrected chi connectivity index (χ3v) is 0.716. The van der Waals surface area contributed by atoms with Gasteiger partial charge in [0.1, 0.15) is 6.10 Å². The average molecular weight is 134 g/mol. The van der Waals surface area contributed by atoms with Gasteiger partial charge in [0.15, 0.2) is 12.4 Å². The summed E-state index contributed by atoms with van der Waals surface area (Å²) in [4.78, 5) is 19.3. The van der Waals surface area contributed by atoms with Crippen molar-refractivity contribution in [1.82, 2.24) is 0 Å². The van der Waals surface area contributed by atoms with Gasteiger partial charge in [0, 0.05) is 0 Å². The standard InChI is InChI=1S/C4H6O5/c5-1-2(6)3(7)4(8)9/h1-3,6-7H,(H,8,9)/t2-,3-/m0/s1. The lowest BCUT2D eigenvalue weighted by atomic mass is 10.2. The second-order valence-electron chi connectivity index (χ2n) is 1.41. The van der Waals surface area contributed by atoms with Crippen LogP contribution in [-0.2, 0) is 9.59 Å². The summed E-state index contributed by atoms with van der Waals surface area (Å²) in [6.45, 7) is 0. The van der Waals surface area contributed by atoms with Gasteiger partial charge < -0.3 is 20.1 Å². The van der Waals surface area contributed by atoms with Crippen LogP contribution in [0.15, 0.2) is 0 Å². The predicted octanol–water partition coefficient (Wildman–Crippen LogP) is -2.01. The van der Waals surface area contributed by atoms with E-state index in [1.807, 2.05) is 0 Å². The number of aliphatic carboxylic acids is 1. The molecule has 3 N–H and O–H groups in total. The van der Waals surface area contributed by atoms with Gasteiger partial charge in [-0.25, -0.2) is 4.79 Å². The van der Waals surface area contributed by atoms with Gasteiger partial charge in [-0.15, -0.1) is 0 Å². The van der Waals surface area contributed by atoms with E-state index >= 15 is 0 Å². The van der Waals surface area contributed by atoms with Crippen molar-refractivity contribution in [3.63, 3.8) is 0 Å². The molecule has 9 heavy (non-hydrogen) atoms. The molecule has 2 atom stereocenters. The van der Waals surface area contributed by atoms with Crippen molar-refractivity contribution in [2.75, 3.05) is 0 Å². The van der Waals surface area contributed by atoms with Crippen molar-refractivity contribution in [1.29, 1.82) is 0 Å². The van der Waals surface area contributed by atoms with Crippen LogP contribution in [0, 0.1) is 0 Å². The molecule has 0 aromatic rings. The van der Waals surface area contributed by atoms with E-state index in [0.29, 0.717) is 0 Å². The summed E-state index contributed by atoms with van der Waals surface area (Å²) in [7, 11) is 0. The zero-order valence-electron chi connectivity index (χ0n) is 4.39. The molecular weight excluding hydrogens is 128 g/mol. The molecule has 0 saturated heterocycles. The molecule has 0 bridgehead atoms. The Kier molecular flexibility index (Phi) is 2.83. The van der Waals surface area contributed by atoms with Crippen molar-refractivity contribution >= 4 is 12.3 Å². The number of carboxylic acids is 1. The van der Waals surface area contributed by atoms with E-state index in [0.717, 1.165) is 0 Å². The van der Waals surface area contributed by atoms with Gasteiger partial charge in [-0.3, -0.25) is 0 Å². The Labute approximate surface area is 50.5 Å². The summed E-state index contributed by atoms with van der Waals surface area (Å²) in [6, 6.07) is 0. The van der Waals surface area contributed by atoms with Gasteiger partial charge in [-0.1, -0.05) is 0 Å². The second-order valence-corrected chi connectivity index (χ2v) is 1.41. The van der Waals surface area contributed by atoms with Crippen LogP contribution in [0.25, 0.3) is 0 Å². The third-order valence-electron chi connectivity index (χ3n) is 0.716. The minimum atomic E-state index is -2.01. The third kappa shape index (κ3) is 2.20. The molecule has 0 aromatic heterocycles. The minimum absolute atomic E-state index is 0.0429. The first-order valence-electron chi connectivity index (χ1n) is 2.14. The van der Waals surface area contributed by atoms with Crippen LogP contribution in [0.4, 0.5) is 0 Å². The molecular formula is C4H6O5. The number of hydrogen-bond donors (Lipinski definition) is 3. The molecule has 0 aromatic carbocycles. The first-order valence-corrected chi connectivity index (χ1v) is 2.14. The zero-order valence-corrected chi connectivity index (χ0v) is 4.39. The summed E-state index contributed by atoms with van der Waals surface area (Å²) in [6.07, 6.45) is -3.89. The summed E-state index contributed by atoms with van der Waals surface area (Å²) in [5, 5.41) is 24.5. The number of carboxylic acid groups (broad SMARTS) is 1. The molecule has 0 aliphatic carbocycles. The molecule has 0 spiro atoms. The second kappa shape index (κ2) is 3.16. The smallest absolute Gasteiger partial charge is 0.335 e. The molecule has 0 saturated carbocycles. The van der Waals surface area contributed by atoms with E-state index < -0.39 is 18.2 Å². The van der Waals surface area contributed by atoms with E-state index in [2.05, 4.69) is 0 Å². The van der Waals surface area contributed by atoms with E-state index in [1.165, 1.54) is 0 Å². The maximum absolute atomic E-state index is 9.73. The van der Waals surface area contributed by atoms with Gasteiger partial charge >= 0.3 is 5.97 Å². The Bertz CT molecular complexity index is 120. The fraction of sp³-hybridized carbons (Fsp3) is 0.500. The van der Waals surface area contributed by atoms with Crippen LogP contribution in [0.1, 0.15) is 0 Å². The normalized spacial score (nSPS) is 16.2. The maximum Gasteiger partial charge on any atom is 0.335 e. The molecule has 0 aliphatic heterocycles. The van der Waals surface area contributed by atoms with Crippen LogP contribution in [0.2, 0.25) is 0 Å². The number of aldehydes is 1. The monoisotopic (exact) mass is 134 g/mol. The Hall–Kier alpha value is -0.940. The molecule has 0 radical (unpaired) electrons. The fourth-order valence-corrected chi connectivity index (χ4v) is 0.220. The maximum atomic E-state index is 9.73. The summed E-state index contributed by atoms with van der Waals surface area (Å²) in [5.41, 5.74) is 0. The highest BCUT2D eigenvalue weighted by atomic mass is 16.4. The molecule has 52 valence electrons. The van der Waals surface area contributed by atoms with Gasteiger partial charge in [0.05, 0.1) is 0 Å². The molecule has 0 unspecified atom stereocenters. The van der Waals surface area contributed by atoms with Gasteiger partial charge in [-0.2, -0.15) is 0 Å².